The topological polar surface area (TPSA) is 58.2 Å². The van der Waals surface area contributed by atoms with E-state index in [1.165, 1.54) is 0 Å². The summed E-state index contributed by atoms with van der Waals surface area (Å²) in [7, 11) is 0. The highest BCUT2D eigenvalue weighted by Gasteiger charge is 2.25. The molecule has 0 aliphatic carbocycles. The van der Waals surface area contributed by atoms with E-state index in [0.29, 0.717) is 19.0 Å². The Bertz CT molecular complexity index is 491. The zero-order chi connectivity index (χ0) is 13.1. The van der Waals surface area contributed by atoms with Crippen molar-refractivity contribution in [1.82, 2.24) is 10.6 Å². The minimum absolute atomic E-state index is 0.269. The average molecular weight is 254 g/mol. The number of amides is 2. The Morgan fingerprint density at radius 3 is 2.83 bits per heavy atom. The lowest BCUT2D eigenvalue weighted by atomic mass is 10.1. The van der Waals surface area contributed by atoms with Gasteiger partial charge in [-0.05, 0) is 25.0 Å². The zero-order valence-corrected chi connectivity index (χ0v) is 9.50. The minimum Gasteiger partial charge on any atom is -0.354 e. The molecule has 96 valence electrons. The predicted molar refractivity (Wildman–Crippen MR) is 59.9 cm³/mol. The molecule has 1 unspecified atom stereocenters. The molecular weight excluding hydrogens is 242 g/mol. The summed E-state index contributed by atoms with van der Waals surface area (Å²) in [5.74, 6) is -2.69. The number of rotatable bonds is 2. The Labute approximate surface area is 102 Å². The highest BCUT2D eigenvalue weighted by atomic mass is 19.1. The van der Waals surface area contributed by atoms with Crippen LogP contribution in [-0.2, 0) is 4.79 Å². The molecule has 1 saturated heterocycles. The number of nitrogens with one attached hydrogen (secondary N) is 2. The van der Waals surface area contributed by atoms with E-state index in [1.54, 1.807) is 0 Å². The van der Waals surface area contributed by atoms with Crippen LogP contribution in [0.15, 0.2) is 18.2 Å². The highest BCUT2D eigenvalue weighted by molar-refractivity contribution is 5.97. The van der Waals surface area contributed by atoms with Crippen LogP contribution in [0.25, 0.3) is 0 Å². The first kappa shape index (κ1) is 12.5. The van der Waals surface area contributed by atoms with E-state index >= 15 is 0 Å². The van der Waals surface area contributed by atoms with Gasteiger partial charge in [0, 0.05) is 12.6 Å². The summed E-state index contributed by atoms with van der Waals surface area (Å²) in [6, 6.07) is 2.03. The molecule has 0 radical (unpaired) electrons. The van der Waals surface area contributed by atoms with Gasteiger partial charge in [-0.1, -0.05) is 0 Å². The van der Waals surface area contributed by atoms with Gasteiger partial charge >= 0.3 is 0 Å². The summed E-state index contributed by atoms with van der Waals surface area (Å²) in [6.07, 6.45) is 1.27. The lowest BCUT2D eigenvalue weighted by molar-refractivity contribution is -0.124. The molecule has 18 heavy (non-hydrogen) atoms. The van der Waals surface area contributed by atoms with Crippen molar-refractivity contribution in [2.75, 3.05) is 6.54 Å². The average Bonchev–Trinajstić information content (AvgIpc) is 2.32. The van der Waals surface area contributed by atoms with Crippen LogP contribution in [0.2, 0.25) is 0 Å². The van der Waals surface area contributed by atoms with Crippen molar-refractivity contribution in [2.45, 2.75) is 18.9 Å². The van der Waals surface area contributed by atoms with Crippen molar-refractivity contribution in [3.05, 3.63) is 35.4 Å². The van der Waals surface area contributed by atoms with Gasteiger partial charge in [0.25, 0.3) is 5.91 Å². The van der Waals surface area contributed by atoms with Gasteiger partial charge in [0.1, 0.15) is 17.7 Å². The predicted octanol–water partition coefficient (Wildman–Crippen LogP) is 0.973. The number of halogens is 2. The van der Waals surface area contributed by atoms with E-state index in [9.17, 15) is 18.4 Å². The van der Waals surface area contributed by atoms with E-state index in [2.05, 4.69) is 10.6 Å². The lowest BCUT2D eigenvalue weighted by Crippen LogP contribution is -2.50. The second-order valence-corrected chi connectivity index (χ2v) is 4.08. The molecule has 0 saturated carbocycles. The summed E-state index contributed by atoms with van der Waals surface area (Å²) >= 11 is 0. The van der Waals surface area contributed by atoms with Gasteiger partial charge in [-0.25, -0.2) is 8.78 Å². The van der Waals surface area contributed by atoms with Crippen LogP contribution in [-0.4, -0.2) is 24.4 Å². The largest absolute Gasteiger partial charge is 0.354 e. The quantitative estimate of drug-likeness (QED) is 0.826. The minimum atomic E-state index is -0.941. The van der Waals surface area contributed by atoms with Crippen LogP contribution < -0.4 is 10.6 Å². The molecule has 1 fully saturated rings. The van der Waals surface area contributed by atoms with Crippen LogP contribution in [0.3, 0.4) is 0 Å². The molecule has 1 aliphatic heterocycles. The van der Waals surface area contributed by atoms with Gasteiger partial charge in [-0.15, -0.1) is 0 Å². The zero-order valence-electron chi connectivity index (χ0n) is 9.50. The molecule has 1 heterocycles. The van der Waals surface area contributed by atoms with Crippen molar-refractivity contribution in [3.63, 3.8) is 0 Å². The summed E-state index contributed by atoms with van der Waals surface area (Å²) in [4.78, 5) is 23.2. The highest BCUT2D eigenvalue weighted by Crippen LogP contribution is 2.11. The maximum Gasteiger partial charge on any atom is 0.254 e. The Morgan fingerprint density at radius 2 is 2.17 bits per heavy atom. The van der Waals surface area contributed by atoms with Crippen LogP contribution in [0.1, 0.15) is 23.2 Å². The molecule has 2 N–H and O–H groups in total. The molecule has 2 rings (SSSR count). The SMILES string of the molecule is O=C(NC1CCCNC1=O)c1ccc(F)cc1F. The second kappa shape index (κ2) is 5.12. The van der Waals surface area contributed by atoms with Gasteiger partial charge in [-0.2, -0.15) is 0 Å². The summed E-state index contributed by atoms with van der Waals surface area (Å²) in [6.45, 7) is 0.579. The fourth-order valence-electron chi connectivity index (χ4n) is 1.82. The normalized spacial score (nSPS) is 19.2. The third kappa shape index (κ3) is 2.64. The van der Waals surface area contributed by atoms with Crippen LogP contribution in [0, 0.1) is 11.6 Å². The van der Waals surface area contributed by atoms with Crippen molar-refractivity contribution in [1.29, 1.82) is 0 Å². The van der Waals surface area contributed by atoms with Gasteiger partial charge in [-0.3, -0.25) is 9.59 Å². The smallest absolute Gasteiger partial charge is 0.254 e. The van der Waals surface area contributed by atoms with E-state index in [-0.39, 0.29) is 11.5 Å². The second-order valence-electron chi connectivity index (χ2n) is 4.08. The fraction of sp³-hybridized carbons (Fsp3) is 0.333. The van der Waals surface area contributed by atoms with Crippen LogP contribution in [0.4, 0.5) is 8.78 Å². The van der Waals surface area contributed by atoms with Crippen LogP contribution >= 0.6 is 0 Å². The molecule has 1 atom stereocenters. The van der Waals surface area contributed by atoms with Crippen molar-refractivity contribution in [2.24, 2.45) is 0 Å². The standard InChI is InChI=1S/C12H12F2N2O2/c13-7-3-4-8(9(14)6-7)11(17)16-10-2-1-5-15-12(10)18/h3-4,6,10H,1-2,5H2,(H,15,18)(H,16,17). The monoisotopic (exact) mass is 254 g/mol. The van der Waals surface area contributed by atoms with Crippen LogP contribution in [0.5, 0.6) is 0 Å². The lowest BCUT2D eigenvalue weighted by Gasteiger charge is -2.22. The molecule has 0 aromatic heterocycles. The maximum atomic E-state index is 13.4. The molecule has 2 amide bonds. The Hall–Kier alpha value is -1.98. The summed E-state index contributed by atoms with van der Waals surface area (Å²) < 4.78 is 26.0. The summed E-state index contributed by atoms with van der Waals surface area (Å²) in [5, 5.41) is 5.04. The van der Waals surface area contributed by atoms with Crippen molar-refractivity contribution < 1.29 is 18.4 Å². The first-order valence-corrected chi connectivity index (χ1v) is 5.61. The molecule has 0 bridgehead atoms. The third-order valence-corrected chi connectivity index (χ3v) is 2.77. The summed E-state index contributed by atoms with van der Waals surface area (Å²) in [5.41, 5.74) is -0.269. The Kier molecular flexibility index (Phi) is 3.55. The fourth-order valence-corrected chi connectivity index (χ4v) is 1.82. The molecule has 4 nitrogen and oxygen atoms in total. The third-order valence-electron chi connectivity index (χ3n) is 2.77. The van der Waals surface area contributed by atoms with Gasteiger partial charge in [0.15, 0.2) is 0 Å². The number of piperidine rings is 1. The molecule has 1 aliphatic rings. The number of carbonyl (C=O) groups excluding carboxylic acids is 2. The molecule has 6 heteroatoms. The molecule has 0 spiro atoms. The van der Waals surface area contributed by atoms with Crippen molar-refractivity contribution >= 4 is 11.8 Å². The number of hydrogen-bond donors (Lipinski definition) is 2. The van der Waals surface area contributed by atoms with Crippen molar-refractivity contribution in [3.8, 4) is 0 Å². The van der Waals surface area contributed by atoms with E-state index in [4.69, 9.17) is 0 Å². The van der Waals surface area contributed by atoms with E-state index < -0.39 is 23.6 Å². The first-order valence-electron chi connectivity index (χ1n) is 5.61. The number of carbonyl (C=O) groups is 2. The van der Waals surface area contributed by atoms with E-state index in [1.807, 2.05) is 0 Å². The maximum absolute atomic E-state index is 13.4. The number of benzene rings is 1. The van der Waals surface area contributed by atoms with Gasteiger partial charge in [0.05, 0.1) is 5.56 Å². The molecule has 1 aromatic carbocycles. The van der Waals surface area contributed by atoms with Gasteiger partial charge in [0.2, 0.25) is 5.91 Å². The number of hydrogen-bond acceptors (Lipinski definition) is 2. The Balaban J connectivity index is 2.09. The van der Waals surface area contributed by atoms with Gasteiger partial charge < -0.3 is 10.6 Å². The molecule has 1 aromatic rings. The van der Waals surface area contributed by atoms with E-state index in [0.717, 1.165) is 18.6 Å². The molecular formula is C12H12F2N2O2. The first-order chi connectivity index (χ1) is 8.58. The Morgan fingerprint density at radius 1 is 1.39 bits per heavy atom.